The van der Waals surface area contributed by atoms with Crippen molar-refractivity contribution in [2.24, 2.45) is 0 Å². The lowest BCUT2D eigenvalue weighted by Gasteiger charge is -2.27. The molecule has 9 heteroatoms. The number of urea groups is 1. The first-order chi connectivity index (χ1) is 14.3. The van der Waals surface area contributed by atoms with Crippen LogP contribution in [0.15, 0.2) is 38.7 Å². The van der Waals surface area contributed by atoms with Crippen LogP contribution in [0.4, 0.5) is 16.4 Å². The van der Waals surface area contributed by atoms with Gasteiger partial charge in [-0.2, -0.15) is 0 Å². The van der Waals surface area contributed by atoms with E-state index in [1.165, 1.54) is 6.08 Å². The number of ether oxygens (including phenoxy) is 1. The van der Waals surface area contributed by atoms with E-state index in [1.807, 2.05) is 24.8 Å². The normalized spacial score (nSPS) is 18.9. The molecule has 2 saturated heterocycles. The van der Waals surface area contributed by atoms with Crippen LogP contribution >= 0.6 is 15.9 Å². The van der Waals surface area contributed by atoms with E-state index in [4.69, 9.17) is 9.15 Å². The number of hydrogen-bond donors (Lipinski definition) is 1. The van der Waals surface area contributed by atoms with E-state index in [1.54, 1.807) is 18.2 Å². The van der Waals surface area contributed by atoms with Gasteiger partial charge in [0.15, 0.2) is 0 Å². The van der Waals surface area contributed by atoms with Gasteiger partial charge in [-0.05, 0) is 59.1 Å². The van der Waals surface area contributed by atoms with Crippen molar-refractivity contribution in [3.8, 4) is 0 Å². The van der Waals surface area contributed by atoms with Crippen LogP contribution in [-0.4, -0.2) is 44.1 Å². The molecule has 2 aromatic rings. The van der Waals surface area contributed by atoms with E-state index in [-0.39, 0.29) is 5.57 Å². The monoisotopic (exact) mass is 473 g/mol. The molecule has 0 unspecified atom stereocenters. The predicted octanol–water partition coefficient (Wildman–Crippen LogP) is 3.16. The molecule has 0 atom stereocenters. The van der Waals surface area contributed by atoms with Crippen molar-refractivity contribution >= 4 is 51.4 Å². The van der Waals surface area contributed by atoms with Gasteiger partial charge in [-0.15, -0.1) is 0 Å². The van der Waals surface area contributed by atoms with Gasteiger partial charge in [0.1, 0.15) is 11.3 Å². The average Bonchev–Trinajstić information content (AvgIpc) is 3.05. The summed E-state index contributed by atoms with van der Waals surface area (Å²) in [6, 6.07) is 6.29. The highest BCUT2D eigenvalue weighted by Crippen LogP contribution is 2.32. The quantitative estimate of drug-likeness (QED) is 0.543. The van der Waals surface area contributed by atoms with Crippen molar-refractivity contribution in [3.05, 3.63) is 51.2 Å². The fourth-order valence-corrected chi connectivity index (χ4v) is 4.10. The molecule has 0 saturated carbocycles. The molecule has 156 valence electrons. The van der Waals surface area contributed by atoms with E-state index in [2.05, 4.69) is 21.2 Å². The highest BCUT2D eigenvalue weighted by atomic mass is 79.9. The highest BCUT2D eigenvalue weighted by molar-refractivity contribution is 9.10. The van der Waals surface area contributed by atoms with Gasteiger partial charge in [-0.1, -0.05) is 6.07 Å². The Bertz CT molecular complexity index is 1050. The summed E-state index contributed by atoms with van der Waals surface area (Å²) >= 11 is 3.47. The SMILES string of the molecule is Cc1cc(C)cc(N2C(=O)NC(=O)C(=Cc3cc(Br)c(N4CCOCC4)o3)C2=O)c1. The largest absolute Gasteiger partial charge is 0.440 e. The van der Waals surface area contributed by atoms with Crippen molar-refractivity contribution < 1.29 is 23.5 Å². The van der Waals surface area contributed by atoms with E-state index in [0.717, 1.165) is 16.0 Å². The zero-order valence-corrected chi connectivity index (χ0v) is 18.1. The lowest BCUT2D eigenvalue weighted by Crippen LogP contribution is -2.54. The first-order valence-corrected chi connectivity index (χ1v) is 10.2. The van der Waals surface area contributed by atoms with Gasteiger partial charge in [0.05, 0.1) is 23.4 Å². The van der Waals surface area contributed by atoms with Crippen LogP contribution in [0.3, 0.4) is 0 Å². The number of furan rings is 1. The lowest BCUT2D eigenvalue weighted by atomic mass is 10.1. The molecule has 2 aliphatic heterocycles. The Morgan fingerprint density at radius 1 is 1.03 bits per heavy atom. The fraction of sp³-hybridized carbons (Fsp3) is 0.286. The second kappa shape index (κ2) is 8.08. The molecule has 8 nitrogen and oxygen atoms in total. The summed E-state index contributed by atoms with van der Waals surface area (Å²) < 4.78 is 11.9. The van der Waals surface area contributed by atoms with Crippen molar-refractivity contribution in [3.63, 3.8) is 0 Å². The number of imide groups is 2. The molecular weight excluding hydrogens is 454 g/mol. The maximum Gasteiger partial charge on any atom is 0.335 e. The predicted molar refractivity (Wildman–Crippen MR) is 114 cm³/mol. The summed E-state index contributed by atoms with van der Waals surface area (Å²) in [5, 5.41) is 2.23. The summed E-state index contributed by atoms with van der Waals surface area (Å²) in [4.78, 5) is 40.8. The molecule has 1 N–H and O–H groups in total. The Balaban J connectivity index is 1.67. The number of halogens is 1. The number of aryl methyl sites for hydroxylation is 2. The van der Waals surface area contributed by atoms with Gasteiger partial charge >= 0.3 is 6.03 Å². The van der Waals surface area contributed by atoms with Gasteiger partial charge in [0.2, 0.25) is 5.88 Å². The zero-order valence-electron chi connectivity index (χ0n) is 16.5. The minimum atomic E-state index is -0.776. The van der Waals surface area contributed by atoms with E-state index < -0.39 is 17.8 Å². The van der Waals surface area contributed by atoms with Gasteiger partial charge in [0.25, 0.3) is 11.8 Å². The van der Waals surface area contributed by atoms with Crippen LogP contribution in [0.2, 0.25) is 0 Å². The average molecular weight is 474 g/mol. The smallest absolute Gasteiger partial charge is 0.335 e. The number of morpholine rings is 1. The molecular formula is C21H20BrN3O5. The topological polar surface area (TPSA) is 92.1 Å². The van der Waals surface area contributed by atoms with E-state index >= 15 is 0 Å². The number of benzene rings is 1. The van der Waals surface area contributed by atoms with Crippen LogP contribution in [-0.2, 0) is 14.3 Å². The highest BCUT2D eigenvalue weighted by Gasteiger charge is 2.37. The number of anilines is 2. The van der Waals surface area contributed by atoms with Crippen molar-refractivity contribution in [1.29, 1.82) is 0 Å². The second-order valence-corrected chi connectivity index (χ2v) is 8.06. The Kier molecular flexibility index (Phi) is 5.48. The zero-order chi connectivity index (χ0) is 21.4. The number of nitrogens with one attached hydrogen (secondary N) is 1. The van der Waals surface area contributed by atoms with Crippen molar-refractivity contribution in [1.82, 2.24) is 5.32 Å². The third-order valence-corrected chi connectivity index (χ3v) is 5.41. The van der Waals surface area contributed by atoms with Gasteiger partial charge in [0, 0.05) is 19.2 Å². The molecule has 0 radical (unpaired) electrons. The molecule has 4 amide bonds. The fourth-order valence-electron chi connectivity index (χ4n) is 3.54. The number of nitrogens with zero attached hydrogens (tertiary/aromatic N) is 2. The minimum Gasteiger partial charge on any atom is -0.440 e. The maximum absolute atomic E-state index is 13.1. The van der Waals surface area contributed by atoms with E-state index in [9.17, 15) is 14.4 Å². The molecule has 0 aliphatic carbocycles. The molecule has 0 spiro atoms. The van der Waals surface area contributed by atoms with E-state index in [0.29, 0.717) is 48.1 Å². The number of carbonyl (C=O) groups is 3. The number of hydrogen-bond acceptors (Lipinski definition) is 6. The van der Waals surface area contributed by atoms with Crippen molar-refractivity contribution in [2.45, 2.75) is 13.8 Å². The van der Waals surface area contributed by atoms with Crippen LogP contribution in [0.1, 0.15) is 16.9 Å². The van der Waals surface area contributed by atoms with Gasteiger partial charge in [-0.25, -0.2) is 9.69 Å². The third-order valence-electron chi connectivity index (χ3n) is 4.84. The minimum absolute atomic E-state index is 0.177. The molecule has 3 heterocycles. The molecule has 2 fully saturated rings. The summed E-state index contributed by atoms with van der Waals surface area (Å²) in [6.45, 7) is 6.29. The van der Waals surface area contributed by atoms with Crippen molar-refractivity contribution in [2.75, 3.05) is 36.1 Å². The third kappa shape index (κ3) is 3.90. The summed E-state index contributed by atoms with van der Waals surface area (Å²) in [7, 11) is 0. The second-order valence-electron chi connectivity index (χ2n) is 7.21. The molecule has 0 bridgehead atoms. The maximum atomic E-state index is 13.1. The first-order valence-electron chi connectivity index (χ1n) is 9.45. The molecule has 30 heavy (non-hydrogen) atoms. The van der Waals surface area contributed by atoms with Crippen LogP contribution < -0.4 is 15.1 Å². The Morgan fingerprint density at radius 3 is 2.37 bits per heavy atom. The first kappa shape index (κ1) is 20.4. The van der Waals surface area contributed by atoms with Gasteiger partial charge in [-0.3, -0.25) is 14.9 Å². The summed E-state index contributed by atoms with van der Waals surface area (Å²) in [5.41, 5.74) is 2.03. The molecule has 1 aromatic heterocycles. The Morgan fingerprint density at radius 2 is 1.70 bits per heavy atom. The Hall–Kier alpha value is -2.91. The molecule has 1 aromatic carbocycles. The summed E-state index contributed by atoms with van der Waals surface area (Å²) in [5.74, 6) is -0.520. The molecule has 2 aliphatic rings. The van der Waals surface area contributed by atoms with Gasteiger partial charge < -0.3 is 14.1 Å². The lowest BCUT2D eigenvalue weighted by molar-refractivity contribution is -0.122. The number of carbonyl (C=O) groups excluding carboxylic acids is 3. The number of rotatable bonds is 3. The van der Waals surface area contributed by atoms with Crippen LogP contribution in [0.5, 0.6) is 0 Å². The number of barbiturate groups is 1. The van der Waals surface area contributed by atoms with Crippen LogP contribution in [0, 0.1) is 13.8 Å². The summed E-state index contributed by atoms with van der Waals surface area (Å²) in [6.07, 6.45) is 1.36. The van der Waals surface area contributed by atoms with Crippen LogP contribution in [0.25, 0.3) is 6.08 Å². The Labute approximate surface area is 181 Å². The molecule has 4 rings (SSSR count). The number of amides is 4. The standard InChI is InChI=1S/C21H20BrN3O5/c1-12-7-13(2)9-14(8-12)25-19(27)16(18(26)23-21(25)28)10-15-11-17(22)20(30-15)24-3-5-29-6-4-24/h7-11H,3-6H2,1-2H3,(H,23,26,28).